The third kappa shape index (κ3) is 3.13. The molecule has 1 fully saturated rings. The van der Waals surface area contributed by atoms with E-state index in [1.807, 2.05) is 32.0 Å². The number of amides is 2. The van der Waals surface area contributed by atoms with Gasteiger partial charge in [-0.05, 0) is 67.5 Å². The van der Waals surface area contributed by atoms with Crippen LogP contribution in [0, 0.1) is 13.8 Å². The molecule has 0 spiro atoms. The topological polar surface area (TPSA) is 49.4 Å². The Labute approximate surface area is 153 Å². The molecule has 0 aliphatic carbocycles. The molecule has 2 heterocycles. The molecule has 2 aromatic rings. The molecule has 0 unspecified atom stereocenters. The van der Waals surface area contributed by atoms with Crippen molar-refractivity contribution in [3.05, 3.63) is 56.2 Å². The minimum Gasteiger partial charge on any atom is -0.298 e. The maximum absolute atomic E-state index is 12.8. The molecule has 24 heavy (non-hydrogen) atoms. The highest BCUT2D eigenvalue weighted by atomic mass is 35.5. The Kier molecular flexibility index (Phi) is 4.54. The lowest BCUT2D eigenvalue weighted by molar-refractivity contribution is -0.122. The SMILES string of the molecule is Cc1ccc(N2C(=O)/C(=C/c3ccc(Cl)s3)C(=O)NC2=S)cc1C. The van der Waals surface area contributed by atoms with Gasteiger partial charge in [0.15, 0.2) is 5.11 Å². The van der Waals surface area contributed by atoms with Crippen molar-refractivity contribution in [2.45, 2.75) is 13.8 Å². The molecular weight excluding hydrogens is 364 g/mol. The Hall–Kier alpha value is -2.02. The summed E-state index contributed by atoms with van der Waals surface area (Å²) >= 11 is 12.4. The zero-order chi connectivity index (χ0) is 17.4. The Balaban J connectivity index is 2.02. The van der Waals surface area contributed by atoms with E-state index in [2.05, 4.69) is 5.32 Å². The van der Waals surface area contributed by atoms with Crippen molar-refractivity contribution in [3.63, 3.8) is 0 Å². The molecule has 4 nitrogen and oxygen atoms in total. The van der Waals surface area contributed by atoms with Gasteiger partial charge in [-0.1, -0.05) is 17.7 Å². The molecule has 0 radical (unpaired) electrons. The summed E-state index contributed by atoms with van der Waals surface area (Å²) in [6.45, 7) is 3.95. The number of anilines is 1. The van der Waals surface area contributed by atoms with Gasteiger partial charge >= 0.3 is 0 Å². The van der Waals surface area contributed by atoms with Crippen LogP contribution in [0.2, 0.25) is 4.34 Å². The summed E-state index contributed by atoms with van der Waals surface area (Å²) in [6.07, 6.45) is 1.53. The highest BCUT2D eigenvalue weighted by Gasteiger charge is 2.34. The largest absolute Gasteiger partial charge is 0.298 e. The first-order chi connectivity index (χ1) is 11.4. The van der Waals surface area contributed by atoms with Crippen LogP contribution in [0.3, 0.4) is 0 Å². The molecule has 1 aliphatic heterocycles. The minimum absolute atomic E-state index is 0.0281. The van der Waals surface area contributed by atoms with Crippen molar-refractivity contribution in [1.82, 2.24) is 5.32 Å². The fraction of sp³-hybridized carbons (Fsp3) is 0.118. The molecule has 0 saturated carbocycles. The predicted octanol–water partition coefficient (Wildman–Crippen LogP) is 3.85. The Morgan fingerprint density at radius 2 is 1.92 bits per heavy atom. The van der Waals surface area contributed by atoms with E-state index in [0.717, 1.165) is 16.0 Å². The molecule has 0 bridgehead atoms. The average Bonchev–Trinajstić information content (AvgIpc) is 2.92. The van der Waals surface area contributed by atoms with Gasteiger partial charge in [0, 0.05) is 4.88 Å². The van der Waals surface area contributed by atoms with Gasteiger partial charge < -0.3 is 0 Å². The number of nitrogens with zero attached hydrogens (tertiary/aromatic N) is 1. The van der Waals surface area contributed by atoms with Gasteiger partial charge in [0.05, 0.1) is 10.0 Å². The molecule has 1 aromatic heterocycles. The summed E-state index contributed by atoms with van der Waals surface area (Å²) in [5.74, 6) is -0.953. The van der Waals surface area contributed by atoms with E-state index in [1.54, 1.807) is 12.1 Å². The monoisotopic (exact) mass is 376 g/mol. The first-order valence-corrected chi connectivity index (χ1v) is 8.71. The number of benzene rings is 1. The quantitative estimate of drug-likeness (QED) is 0.492. The van der Waals surface area contributed by atoms with Crippen LogP contribution in [0.1, 0.15) is 16.0 Å². The molecule has 3 rings (SSSR count). The fourth-order valence-electron chi connectivity index (χ4n) is 2.30. The van der Waals surface area contributed by atoms with Gasteiger partial charge in [-0.15, -0.1) is 11.3 Å². The first-order valence-electron chi connectivity index (χ1n) is 7.11. The number of halogens is 1. The van der Waals surface area contributed by atoms with E-state index in [9.17, 15) is 9.59 Å². The molecule has 7 heteroatoms. The van der Waals surface area contributed by atoms with Crippen molar-refractivity contribution < 1.29 is 9.59 Å². The number of nitrogens with one attached hydrogen (secondary N) is 1. The van der Waals surface area contributed by atoms with Crippen LogP contribution in [-0.2, 0) is 9.59 Å². The number of thiocarbonyl (C=S) groups is 1. The minimum atomic E-state index is -0.505. The highest BCUT2D eigenvalue weighted by Crippen LogP contribution is 2.27. The van der Waals surface area contributed by atoms with Gasteiger partial charge in [-0.2, -0.15) is 0 Å². The van der Waals surface area contributed by atoms with Crippen LogP contribution >= 0.6 is 35.2 Å². The second kappa shape index (κ2) is 6.47. The van der Waals surface area contributed by atoms with Crippen LogP contribution in [0.4, 0.5) is 5.69 Å². The zero-order valence-corrected chi connectivity index (χ0v) is 15.3. The Morgan fingerprint density at radius 1 is 1.17 bits per heavy atom. The van der Waals surface area contributed by atoms with Gasteiger partial charge in [0.25, 0.3) is 11.8 Å². The summed E-state index contributed by atoms with van der Waals surface area (Å²) in [5, 5.41) is 2.65. The van der Waals surface area contributed by atoms with E-state index in [4.69, 9.17) is 23.8 Å². The number of aryl methyl sites for hydroxylation is 2. The summed E-state index contributed by atoms with van der Waals surface area (Å²) < 4.78 is 0.590. The molecular formula is C17H13ClN2O2S2. The fourth-order valence-corrected chi connectivity index (χ4v) is 3.59. The van der Waals surface area contributed by atoms with Crippen molar-refractivity contribution >= 4 is 63.8 Å². The summed E-state index contributed by atoms with van der Waals surface area (Å²) in [5.41, 5.74) is 2.81. The number of carbonyl (C=O) groups excluding carboxylic acids is 2. The maximum Gasteiger partial charge on any atom is 0.270 e. The molecule has 1 aliphatic rings. The first kappa shape index (κ1) is 16.8. The van der Waals surface area contributed by atoms with Gasteiger partial charge in [-0.25, -0.2) is 0 Å². The van der Waals surface area contributed by atoms with E-state index >= 15 is 0 Å². The van der Waals surface area contributed by atoms with Crippen LogP contribution in [-0.4, -0.2) is 16.9 Å². The lowest BCUT2D eigenvalue weighted by Crippen LogP contribution is -2.54. The van der Waals surface area contributed by atoms with Crippen LogP contribution < -0.4 is 10.2 Å². The van der Waals surface area contributed by atoms with Gasteiger partial charge in [0.1, 0.15) is 5.57 Å². The van der Waals surface area contributed by atoms with Crippen molar-refractivity contribution in [2.75, 3.05) is 4.90 Å². The van der Waals surface area contributed by atoms with Crippen molar-refractivity contribution in [3.8, 4) is 0 Å². The van der Waals surface area contributed by atoms with Crippen molar-refractivity contribution in [1.29, 1.82) is 0 Å². The molecule has 1 N–H and O–H groups in total. The van der Waals surface area contributed by atoms with E-state index in [1.165, 1.54) is 22.3 Å². The number of hydrogen-bond donors (Lipinski definition) is 1. The lowest BCUT2D eigenvalue weighted by atomic mass is 10.1. The number of hydrogen-bond acceptors (Lipinski definition) is 4. The zero-order valence-electron chi connectivity index (χ0n) is 12.9. The van der Waals surface area contributed by atoms with Crippen molar-refractivity contribution in [2.24, 2.45) is 0 Å². The molecule has 1 saturated heterocycles. The van der Waals surface area contributed by atoms with Crippen LogP contribution in [0.5, 0.6) is 0 Å². The van der Waals surface area contributed by atoms with Gasteiger partial charge in [-0.3, -0.25) is 19.8 Å². The van der Waals surface area contributed by atoms with E-state index in [-0.39, 0.29) is 10.7 Å². The van der Waals surface area contributed by atoms with Gasteiger partial charge in [0.2, 0.25) is 0 Å². The highest BCUT2D eigenvalue weighted by molar-refractivity contribution is 7.80. The van der Waals surface area contributed by atoms with E-state index < -0.39 is 11.8 Å². The second-order valence-electron chi connectivity index (χ2n) is 5.37. The summed E-state index contributed by atoms with van der Waals surface area (Å²) in [4.78, 5) is 27.1. The standard InChI is InChI=1S/C17H13ClN2O2S2/c1-9-3-4-11(7-10(9)2)20-16(22)13(15(21)19-17(20)23)8-12-5-6-14(18)24-12/h3-8H,1-2H3,(H,19,21,23)/b13-8+. The lowest BCUT2D eigenvalue weighted by Gasteiger charge is -2.29. The molecule has 1 aromatic carbocycles. The van der Waals surface area contributed by atoms with Crippen LogP contribution in [0.15, 0.2) is 35.9 Å². The third-order valence-electron chi connectivity index (χ3n) is 3.73. The number of carbonyl (C=O) groups is 2. The molecule has 2 amide bonds. The molecule has 0 atom stereocenters. The summed E-state index contributed by atoms with van der Waals surface area (Å²) in [7, 11) is 0. The normalized spacial score (nSPS) is 16.7. The smallest absolute Gasteiger partial charge is 0.270 e. The predicted molar refractivity (Wildman–Crippen MR) is 101 cm³/mol. The number of thiophene rings is 1. The summed E-state index contributed by atoms with van der Waals surface area (Å²) in [6, 6.07) is 9.07. The Bertz CT molecular complexity index is 902. The maximum atomic E-state index is 12.8. The average molecular weight is 377 g/mol. The molecule has 122 valence electrons. The number of rotatable bonds is 2. The van der Waals surface area contributed by atoms with E-state index in [0.29, 0.717) is 10.0 Å². The third-order valence-corrected chi connectivity index (χ3v) is 5.19. The van der Waals surface area contributed by atoms with Crippen LogP contribution in [0.25, 0.3) is 6.08 Å². The Morgan fingerprint density at radius 3 is 2.54 bits per heavy atom. The second-order valence-corrected chi connectivity index (χ2v) is 7.50.